The highest BCUT2D eigenvalue weighted by molar-refractivity contribution is 5.13. The number of rotatable bonds is 5. The van der Waals surface area contributed by atoms with E-state index in [9.17, 15) is 0 Å². The second-order valence-electron chi connectivity index (χ2n) is 6.35. The molecule has 0 saturated heterocycles. The predicted molar refractivity (Wildman–Crippen MR) is 81.3 cm³/mol. The van der Waals surface area contributed by atoms with Gasteiger partial charge in [-0.25, -0.2) is 4.98 Å². The van der Waals surface area contributed by atoms with Crippen LogP contribution in [-0.2, 0) is 6.54 Å². The first-order valence-corrected chi connectivity index (χ1v) is 7.08. The van der Waals surface area contributed by atoms with Crippen LogP contribution in [0.5, 0.6) is 0 Å². The molecule has 4 heteroatoms. The zero-order valence-electron chi connectivity index (χ0n) is 12.7. The Morgan fingerprint density at radius 2 is 2.05 bits per heavy atom. The number of nitrogens with one attached hydrogen (secondary N) is 1. The number of pyridine rings is 1. The Morgan fingerprint density at radius 3 is 2.60 bits per heavy atom. The van der Waals surface area contributed by atoms with Crippen molar-refractivity contribution < 1.29 is 0 Å². The topological polar surface area (TPSA) is 42.7 Å². The summed E-state index contributed by atoms with van der Waals surface area (Å²) in [6.07, 6.45) is 9.44. The minimum absolute atomic E-state index is 0.167. The molecule has 108 valence electrons. The second-order valence-corrected chi connectivity index (χ2v) is 6.35. The summed E-state index contributed by atoms with van der Waals surface area (Å²) in [4.78, 5) is 8.32. The van der Waals surface area contributed by atoms with E-state index in [1.54, 1.807) is 0 Å². The summed E-state index contributed by atoms with van der Waals surface area (Å²) in [6, 6.07) is 4.72. The predicted octanol–water partition coefficient (Wildman–Crippen LogP) is 3.04. The van der Waals surface area contributed by atoms with Gasteiger partial charge in [0.25, 0.3) is 0 Å². The van der Waals surface area contributed by atoms with Gasteiger partial charge in [-0.15, -0.1) is 0 Å². The maximum atomic E-state index is 4.20. The molecule has 20 heavy (non-hydrogen) atoms. The number of imidazole rings is 1. The fourth-order valence-corrected chi connectivity index (χ4v) is 2.21. The molecular formula is C16H24N4. The quantitative estimate of drug-likeness (QED) is 0.909. The molecule has 2 aromatic rings. The van der Waals surface area contributed by atoms with E-state index < -0.39 is 0 Å². The highest BCUT2D eigenvalue weighted by Crippen LogP contribution is 2.24. The monoisotopic (exact) mass is 272 g/mol. The van der Waals surface area contributed by atoms with Crippen LogP contribution in [0.4, 0.5) is 0 Å². The highest BCUT2D eigenvalue weighted by Gasteiger charge is 2.26. The Hall–Kier alpha value is -1.68. The third kappa shape index (κ3) is 3.90. The van der Waals surface area contributed by atoms with E-state index in [0.29, 0.717) is 6.04 Å². The molecule has 0 aromatic carbocycles. The van der Waals surface area contributed by atoms with Gasteiger partial charge in [-0.1, -0.05) is 26.8 Å². The van der Waals surface area contributed by atoms with Crippen molar-refractivity contribution in [3.63, 3.8) is 0 Å². The third-order valence-electron chi connectivity index (χ3n) is 3.63. The van der Waals surface area contributed by atoms with E-state index >= 15 is 0 Å². The average Bonchev–Trinajstić information content (AvgIpc) is 2.91. The van der Waals surface area contributed by atoms with Crippen molar-refractivity contribution >= 4 is 0 Å². The van der Waals surface area contributed by atoms with Crippen molar-refractivity contribution in [2.75, 3.05) is 0 Å². The first-order valence-electron chi connectivity index (χ1n) is 7.08. The van der Waals surface area contributed by atoms with Crippen molar-refractivity contribution in [3.05, 3.63) is 48.8 Å². The van der Waals surface area contributed by atoms with Gasteiger partial charge in [-0.05, 0) is 24.0 Å². The molecule has 0 radical (unpaired) electrons. The molecule has 4 nitrogen and oxygen atoms in total. The van der Waals surface area contributed by atoms with Crippen molar-refractivity contribution in [2.45, 2.75) is 46.3 Å². The fraction of sp³-hybridized carbons (Fsp3) is 0.500. The summed E-state index contributed by atoms with van der Waals surface area (Å²) in [5.74, 6) is 0. The summed E-state index contributed by atoms with van der Waals surface area (Å²) >= 11 is 0. The van der Waals surface area contributed by atoms with Crippen molar-refractivity contribution in [3.8, 4) is 0 Å². The van der Waals surface area contributed by atoms with E-state index in [1.807, 2.05) is 37.2 Å². The Balaban J connectivity index is 2.08. The number of hydrogen-bond acceptors (Lipinski definition) is 3. The van der Waals surface area contributed by atoms with E-state index in [2.05, 4.69) is 53.6 Å². The van der Waals surface area contributed by atoms with Gasteiger partial charge in [0.1, 0.15) is 0 Å². The SMILES string of the molecule is CC(NC(Cn1ccnc1)C(C)(C)C)c1cccnc1. The summed E-state index contributed by atoms with van der Waals surface area (Å²) in [6.45, 7) is 9.88. The Bertz CT molecular complexity index is 499. The molecule has 0 amide bonds. The fourth-order valence-electron chi connectivity index (χ4n) is 2.21. The molecule has 0 spiro atoms. The van der Waals surface area contributed by atoms with Crippen molar-refractivity contribution in [1.82, 2.24) is 19.9 Å². The zero-order valence-corrected chi connectivity index (χ0v) is 12.7. The van der Waals surface area contributed by atoms with Gasteiger partial charge >= 0.3 is 0 Å². The van der Waals surface area contributed by atoms with Gasteiger partial charge in [0, 0.05) is 43.4 Å². The standard InChI is InChI=1S/C16H24N4/c1-13(14-6-5-7-17-10-14)19-15(16(2,3)4)11-20-9-8-18-12-20/h5-10,12-13,15,19H,11H2,1-4H3. The molecule has 0 saturated carbocycles. The molecule has 2 atom stereocenters. The highest BCUT2D eigenvalue weighted by atomic mass is 15.1. The normalized spacial score (nSPS) is 15.0. The maximum absolute atomic E-state index is 4.20. The molecule has 2 aromatic heterocycles. The van der Waals surface area contributed by atoms with Crippen molar-refractivity contribution in [2.24, 2.45) is 5.41 Å². The van der Waals surface area contributed by atoms with E-state index in [4.69, 9.17) is 0 Å². The first-order chi connectivity index (χ1) is 9.47. The number of hydrogen-bond donors (Lipinski definition) is 1. The zero-order chi connectivity index (χ0) is 14.6. The molecule has 0 aliphatic heterocycles. The lowest BCUT2D eigenvalue weighted by atomic mass is 9.86. The first kappa shape index (κ1) is 14.7. The van der Waals surface area contributed by atoms with Crippen LogP contribution in [-0.4, -0.2) is 20.6 Å². The summed E-state index contributed by atoms with van der Waals surface area (Å²) in [5.41, 5.74) is 1.38. The molecule has 0 fully saturated rings. The van der Waals surface area contributed by atoms with Crippen LogP contribution in [0.3, 0.4) is 0 Å². The molecule has 2 heterocycles. The molecule has 0 aliphatic rings. The summed E-state index contributed by atoms with van der Waals surface area (Å²) in [5, 5.41) is 3.72. The van der Waals surface area contributed by atoms with Gasteiger partial charge in [0.05, 0.1) is 6.33 Å². The van der Waals surface area contributed by atoms with Crippen LogP contribution in [0.15, 0.2) is 43.2 Å². The Labute approximate surface area is 121 Å². The number of nitrogens with zero attached hydrogens (tertiary/aromatic N) is 3. The molecule has 0 aliphatic carbocycles. The molecule has 0 bridgehead atoms. The van der Waals surface area contributed by atoms with E-state index in [-0.39, 0.29) is 11.5 Å². The lowest BCUT2D eigenvalue weighted by molar-refractivity contribution is 0.225. The van der Waals surface area contributed by atoms with Gasteiger partial charge in [0.15, 0.2) is 0 Å². The molecule has 2 rings (SSSR count). The average molecular weight is 272 g/mol. The van der Waals surface area contributed by atoms with Crippen molar-refractivity contribution in [1.29, 1.82) is 0 Å². The molecule has 1 N–H and O–H groups in total. The van der Waals surface area contributed by atoms with Gasteiger partial charge in [0.2, 0.25) is 0 Å². The Kier molecular flexibility index (Phi) is 4.55. The lowest BCUT2D eigenvalue weighted by Gasteiger charge is -2.34. The minimum Gasteiger partial charge on any atom is -0.336 e. The Morgan fingerprint density at radius 1 is 1.25 bits per heavy atom. The lowest BCUT2D eigenvalue weighted by Crippen LogP contribution is -2.44. The molecule has 2 unspecified atom stereocenters. The summed E-state index contributed by atoms with van der Waals surface area (Å²) < 4.78 is 2.12. The van der Waals surface area contributed by atoms with E-state index in [1.165, 1.54) is 5.56 Å². The van der Waals surface area contributed by atoms with Gasteiger partial charge in [-0.3, -0.25) is 4.98 Å². The van der Waals surface area contributed by atoms with Gasteiger partial charge in [-0.2, -0.15) is 0 Å². The van der Waals surface area contributed by atoms with Crippen LogP contribution >= 0.6 is 0 Å². The maximum Gasteiger partial charge on any atom is 0.0946 e. The van der Waals surface area contributed by atoms with Crippen LogP contribution in [0.1, 0.15) is 39.3 Å². The largest absolute Gasteiger partial charge is 0.336 e. The van der Waals surface area contributed by atoms with Crippen LogP contribution < -0.4 is 5.32 Å². The third-order valence-corrected chi connectivity index (χ3v) is 3.63. The minimum atomic E-state index is 0.167. The smallest absolute Gasteiger partial charge is 0.0946 e. The van der Waals surface area contributed by atoms with Crippen LogP contribution in [0, 0.1) is 5.41 Å². The second kappa shape index (κ2) is 6.18. The van der Waals surface area contributed by atoms with Crippen LogP contribution in [0.2, 0.25) is 0 Å². The van der Waals surface area contributed by atoms with Crippen LogP contribution in [0.25, 0.3) is 0 Å². The van der Waals surface area contributed by atoms with Gasteiger partial charge < -0.3 is 9.88 Å². The summed E-state index contributed by atoms with van der Waals surface area (Å²) in [7, 11) is 0. The number of aromatic nitrogens is 3. The molecular weight excluding hydrogens is 248 g/mol. The van der Waals surface area contributed by atoms with E-state index in [0.717, 1.165) is 6.54 Å².